The van der Waals surface area contributed by atoms with E-state index in [-0.39, 0.29) is 5.41 Å². The molecule has 94 valence electrons. The number of rotatable bonds is 6. The van der Waals surface area contributed by atoms with Crippen molar-refractivity contribution in [3.63, 3.8) is 0 Å². The maximum absolute atomic E-state index is 12.1. The van der Waals surface area contributed by atoms with Gasteiger partial charge in [-0.1, -0.05) is 42.6 Å². The van der Waals surface area contributed by atoms with Gasteiger partial charge in [-0.3, -0.25) is 4.79 Å². The van der Waals surface area contributed by atoms with Gasteiger partial charge in [-0.2, -0.15) is 0 Å². The van der Waals surface area contributed by atoms with Crippen molar-refractivity contribution in [2.24, 2.45) is 5.41 Å². The minimum absolute atomic E-state index is 0.0337. The van der Waals surface area contributed by atoms with Crippen molar-refractivity contribution in [2.45, 2.75) is 63.6 Å². The van der Waals surface area contributed by atoms with E-state index in [1.165, 1.54) is 12.8 Å². The van der Waals surface area contributed by atoms with Crippen LogP contribution in [-0.2, 0) is 4.79 Å². The molecule has 1 amide bonds. The van der Waals surface area contributed by atoms with Crippen LogP contribution >= 0.6 is 15.9 Å². The lowest BCUT2D eigenvalue weighted by atomic mass is 9.82. The number of hydrogen-bond donors (Lipinski definition) is 1. The number of alkyl halides is 1. The second kappa shape index (κ2) is 6.63. The lowest BCUT2D eigenvalue weighted by molar-refractivity contribution is -0.131. The summed E-state index contributed by atoms with van der Waals surface area (Å²) >= 11 is 3.59. The number of carbonyl (C=O) groups is 1. The summed E-state index contributed by atoms with van der Waals surface area (Å²) in [4.78, 5) is 12.7. The molecule has 1 saturated carbocycles. The highest BCUT2D eigenvalue weighted by Crippen LogP contribution is 2.41. The van der Waals surface area contributed by atoms with Crippen LogP contribution in [0.5, 0.6) is 0 Å². The Kier molecular flexibility index (Phi) is 5.81. The first-order valence-corrected chi connectivity index (χ1v) is 7.48. The first kappa shape index (κ1) is 14.0. The summed E-state index contributed by atoms with van der Waals surface area (Å²) in [5.74, 6) is 0.295. The van der Waals surface area contributed by atoms with Gasteiger partial charge in [0.25, 0.3) is 0 Å². The van der Waals surface area contributed by atoms with Gasteiger partial charge in [-0.05, 0) is 32.1 Å². The second-order valence-electron chi connectivity index (χ2n) is 4.89. The van der Waals surface area contributed by atoms with Gasteiger partial charge in [0, 0.05) is 16.8 Å². The third-order valence-corrected chi connectivity index (χ3v) is 5.01. The number of hydrogen-bond acceptors (Lipinski definition) is 1. The average Bonchev–Trinajstić information content (AvgIpc) is 2.78. The van der Waals surface area contributed by atoms with Crippen molar-refractivity contribution in [1.82, 2.24) is 5.32 Å². The van der Waals surface area contributed by atoms with Gasteiger partial charge in [0.2, 0.25) is 5.91 Å². The summed E-state index contributed by atoms with van der Waals surface area (Å²) in [6.07, 6.45) is 7.75. The monoisotopic (exact) mass is 289 g/mol. The van der Waals surface area contributed by atoms with Gasteiger partial charge in [0.1, 0.15) is 0 Å². The lowest BCUT2D eigenvalue weighted by Gasteiger charge is -2.26. The van der Waals surface area contributed by atoms with E-state index >= 15 is 0 Å². The molecule has 1 N–H and O–H groups in total. The lowest BCUT2D eigenvalue weighted by Crippen LogP contribution is -2.39. The summed E-state index contributed by atoms with van der Waals surface area (Å²) < 4.78 is 0. The molecule has 1 unspecified atom stereocenters. The van der Waals surface area contributed by atoms with Crippen molar-refractivity contribution in [1.29, 1.82) is 0 Å². The summed E-state index contributed by atoms with van der Waals surface area (Å²) in [5.41, 5.74) is -0.0337. The van der Waals surface area contributed by atoms with E-state index < -0.39 is 0 Å². The smallest absolute Gasteiger partial charge is 0.226 e. The Balaban J connectivity index is 2.33. The van der Waals surface area contributed by atoms with Gasteiger partial charge in [-0.25, -0.2) is 0 Å². The van der Waals surface area contributed by atoms with Crippen LogP contribution < -0.4 is 5.32 Å². The number of amides is 1. The standard InChI is InChI=1S/C13H24BrNO/c1-3-11(14)7-10-15-12(16)13(4-2)8-5-6-9-13/h11H,3-10H2,1-2H3,(H,15,16). The molecule has 3 heteroatoms. The van der Waals surface area contributed by atoms with Crippen LogP contribution in [0, 0.1) is 5.41 Å². The van der Waals surface area contributed by atoms with E-state index in [1.807, 2.05) is 0 Å². The average molecular weight is 290 g/mol. The quantitative estimate of drug-likeness (QED) is 0.743. The molecule has 1 rings (SSSR count). The first-order chi connectivity index (χ1) is 7.64. The maximum Gasteiger partial charge on any atom is 0.226 e. The predicted octanol–water partition coefficient (Wildman–Crippen LogP) is 3.64. The molecule has 0 aromatic rings. The van der Waals surface area contributed by atoms with Crippen LogP contribution in [-0.4, -0.2) is 17.3 Å². The summed E-state index contributed by atoms with van der Waals surface area (Å²) in [6, 6.07) is 0. The van der Waals surface area contributed by atoms with Crippen LogP contribution in [0.1, 0.15) is 58.8 Å². The van der Waals surface area contributed by atoms with Gasteiger partial charge in [-0.15, -0.1) is 0 Å². The highest BCUT2D eigenvalue weighted by Gasteiger charge is 2.38. The van der Waals surface area contributed by atoms with E-state index in [0.29, 0.717) is 10.7 Å². The second-order valence-corrected chi connectivity index (χ2v) is 6.19. The van der Waals surface area contributed by atoms with E-state index in [9.17, 15) is 4.79 Å². The molecular formula is C13H24BrNO. The van der Waals surface area contributed by atoms with Crippen LogP contribution in [0.15, 0.2) is 0 Å². The molecule has 0 spiro atoms. The van der Waals surface area contributed by atoms with E-state index in [1.54, 1.807) is 0 Å². The zero-order chi connectivity index (χ0) is 12.0. The van der Waals surface area contributed by atoms with E-state index in [2.05, 4.69) is 35.1 Å². The number of carbonyl (C=O) groups excluding carboxylic acids is 1. The highest BCUT2D eigenvalue weighted by molar-refractivity contribution is 9.09. The molecule has 0 aromatic carbocycles. The molecule has 0 heterocycles. The predicted molar refractivity (Wildman–Crippen MR) is 71.8 cm³/mol. The van der Waals surface area contributed by atoms with E-state index in [0.717, 1.165) is 38.6 Å². The Morgan fingerprint density at radius 3 is 2.50 bits per heavy atom. The molecule has 1 aliphatic rings. The maximum atomic E-state index is 12.1. The number of nitrogens with one attached hydrogen (secondary N) is 1. The molecular weight excluding hydrogens is 266 g/mol. The normalized spacial score (nSPS) is 20.7. The Bertz CT molecular complexity index is 224. The minimum Gasteiger partial charge on any atom is -0.356 e. The van der Waals surface area contributed by atoms with Gasteiger partial charge < -0.3 is 5.32 Å². The third kappa shape index (κ3) is 3.47. The van der Waals surface area contributed by atoms with E-state index in [4.69, 9.17) is 0 Å². The highest BCUT2D eigenvalue weighted by atomic mass is 79.9. The molecule has 1 aliphatic carbocycles. The number of halogens is 1. The summed E-state index contributed by atoms with van der Waals surface area (Å²) in [7, 11) is 0. The van der Waals surface area contributed by atoms with Crippen molar-refractivity contribution in [2.75, 3.05) is 6.54 Å². The topological polar surface area (TPSA) is 29.1 Å². The molecule has 2 nitrogen and oxygen atoms in total. The fourth-order valence-corrected chi connectivity index (χ4v) is 2.76. The first-order valence-electron chi connectivity index (χ1n) is 6.57. The zero-order valence-electron chi connectivity index (χ0n) is 10.5. The fourth-order valence-electron chi connectivity index (χ4n) is 2.53. The Labute approximate surface area is 108 Å². The van der Waals surface area contributed by atoms with Crippen molar-refractivity contribution >= 4 is 21.8 Å². The van der Waals surface area contributed by atoms with Crippen molar-refractivity contribution in [3.8, 4) is 0 Å². The third-order valence-electron chi connectivity index (χ3n) is 3.91. The summed E-state index contributed by atoms with van der Waals surface area (Å²) in [5, 5.41) is 3.11. The van der Waals surface area contributed by atoms with Crippen molar-refractivity contribution < 1.29 is 4.79 Å². The molecule has 0 bridgehead atoms. The molecule has 1 atom stereocenters. The minimum atomic E-state index is -0.0337. The molecule has 16 heavy (non-hydrogen) atoms. The molecule has 1 fully saturated rings. The van der Waals surface area contributed by atoms with Gasteiger partial charge in [0.05, 0.1) is 0 Å². The zero-order valence-corrected chi connectivity index (χ0v) is 12.1. The molecule has 0 radical (unpaired) electrons. The molecule has 0 saturated heterocycles. The van der Waals surface area contributed by atoms with Crippen LogP contribution in [0.2, 0.25) is 0 Å². The van der Waals surface area contributed by atoms with Crippen LogP contribution in [0.3, 0.4) is 0 Å². The van der Waals surface area contributed by atoms with Crippen LogP contribution in [0.4, 0.5) is 0 Å². The van der Waals surface area contributed by atoms with Gasteiger partial charge in [0.15, 0.2) is 0 Å². The Morgan fingerprint density at radius 1 is 1.38 bits per heavy atom. The largest absolute Gasteiger partial charge is 0.356 e. The molecule has 0 aliphatic heterocycles. The Hall–Kier alpha value is -0.0500. The molecule has 0 aromatic heterocycles. The summed E-state index contributed by atoms with van der Waals surface area (Å²) in [6.45, 7) is 5.11. The van der Waals surface area contributed by atoms with Crippen molar-refractivity contribution in [3.05, 3.63) is 0 Å². The SMILES string of the molecule is CCC(Br)CCNC(=O)C1(CC)CCCC1. The fraction of sp³-hybridized carbons (Fsp3) is 0.923. The van der Waals surface area contributed by atoms with Gasteiger partial charge >= 0.3 is 0 Å². The van der Waals surface area contributed by atoms with Crippen LogP contribution in [0.25, 0.3) is 0 Å². The Morgan fingerprint density at radius 2 is 2.00 bits per heavy atom.